The largest absolute Gasteiger partial charge is 0.493 e. The Morgan fingerprint density at radius 3 is 2.65 bits per heavy atom. The van der Waals surface area contributed by atoms with Gasteiger partial charge in [-0.1, -0.05) is 11.6 Å². The van der Waals surface area contributed by atoms with Gasteiger partial charge in [-0.3, -0.25) is 4.79 Å². The Kier molecular flexibility index (Phi) is 7.95. The van der Waals surface area contributed by atoms with Gasteiger partial charge in [-0.15, -0.1) is 0 Å². The summed E-state index contributed by atoms with van der Waals surface area (Å²) in [6, 6.07) is 5.11. The van der Waals surface area contributed by atoms with Gasteiger partial charge in [0.1, 0.15) is 11.6 Å². The maximum atomic E-state index is 12.0. The minimum atomic E-state index is -0.450. The molecule has 0 heterocycles. The topological polar surface area (TPSA) is 80.6 Å². The summed E-state index contributed by atoms with van der Waals surface area (Å²) in [4.78, 5) is 12.0. The average Bonchev–Trinajstić information content (AvgIpc) is 2.55. The van der Waals surface area contributed by atoms with E-state index in [0.717, 1.165) is 0 Å². The van der Waals surface area contributed by atoms with Crippen LogP contribution >= 0.6 is 11.6 Å². The van der Waals surface area contributed by atoms with Crippen LogP contribution in [0.25, 0.3) is 6.08 Å². The summed E-state index contributed by atoms with van der Waals surface area (Å²) >= 11 is 6.11. The zero-order valence-electron chi connectivity index (χ0n) is 13.3. The summed E-state index contributed by atoms with van der Waals surface area (Å²) in [5, 5.41) is 12.1. The molecular formula is C16H19ClN2O4. The van der Waals surface area contributed by atoms with E-state index in [9.17, 15) is 4.79 Å². The number of halogens is 1. The zero-order chi connectivity index (χ0) is 17.2. The van der Waals surface area contributed by atoms with Crippen molar-refractivity contribution in [1.82, 2.24) is 5.32 Å². The van der Waals surface area contributed by atoms with E-state index < -0.39 is 5.91 Å². The number of hydrogen-bond acceptors (Lipinski definition) is 5. The third-order valence-corrected chi connectivity index (χ3v) is 3.22. The Hall–Kier alpha value is -2.23. The normalized spacial score (nSPS) is 10.8. The number of nitrogens with one attached hydrogen (secondary N) is 1. The predicted molar refractivity (Wildman–Crippen MR) is 87.6 cm³/mol. The number of nitriles is 1. The minimum Gasteiger partial charge on any atom is -0.493 e. The minimum absolute atomic E-state index is 0.0225. The van der Waals surface area contributed by atoms with E-state index in [1.165, 1.54) is 20.3 Å². The van der Waals surface area contributed by atoms with Crippen LogP contribution in [0, 0.1) is 11.3 Å². The number of amides is 1. The molecule has 0 unspecified atom stereocenters. The Labute approximate surface area is 140 Å². The predicted octanol–water partition coefficient (Wildman–Crippen LogP) is 2.42. The van der Waals surface area contributed by atoms with Gasteiger partial charge in [0.05, 0.1) is 19.2 Å². The molecule has 1 aromatic rings. The summed E-state index contributed by atoms with van der Waals surface area (Å²) in [5.41, 5.74) is 0.543. The highest BCUT2D eigenvalue weighted by Crippen LogP contribution is 2.36. The van der Waals surface area contributed by atoms with Gasteiger partial charge in [0.2, 0.25) is 0 Å². The summed E-state index contributed by atoms with van der Waals surface area (Å²) in [5.74, 6) is 0.368. The van der Waals surface area contributed by atoms with Crippen molar-refractivity contribution in [1.29, 1.82) is 5.26 Å². The number of ether oxygens (including phenoxy) is 3. The molecule has 0 aliphatic heterocycles. The van der Waals surface area contributed by atoms with Crippen molar-refractivity contribution in [3.63, 3.8) is 0 Å². The Balaban J connectivity index is 2.96. The van der Waals surface area contributed by atoms with Crippen LogP contribution in [-0.4, -0.2) is 40.4 Å². The highest BCUT2D eigenvalue weighted by molar-refractivity contribution is 6.32. The molecule has 7 heteroatoms. The number of rotatable bonds is 8. The third-order valence-electron chi connectivity index (χ3n) is 2.94. The molecule has 23 heavy (non-hydrogen) atoms. The first-order chi connectivity index (χ1) is 11.1. The van der Waals surface area contributed by atoms with Crippen LogP contribution in [0.5, 0.6) is 11.5 Å². The lowest BCUT2D eigenvalue weighted by molar-refractivity contribution is -0.117. The molecule has 1 aromatic carbocycles. The molecule has 1 amide bonds. The molecule has 0 spiro atoms. The average molecular weight is 339 g/mol. The second-order valence-electron chi connectivity index (χ2n) is 4.51. The van der Waals surface area contributed by atoms with E-state index in [1.807, 2.05) is 6.07 Å². The lowest BCUT2D eigenvalue weighted by Gasteiger charge is -2.10. The molecule has 0 saturated carbocycles. The van der Waals surface area contributed by atoms with Gasteiger partial charge in [-0.05, 0) is 30.2 Å². The fraction of sp³-hybridized carbons (Fsp3) is 0.375. The van der Waals surface area contributed by atoms with Crippen molar-refractivity contribution in [2.75, 3.05) is 34.5 Å². The molecule has 0 aliphatic carbocycles. The molecule has 6 nitrogen and oxygen atoms in total. The molecule has 0 radical (unpaired) electrons. The van der Waals surface area contributed by atoms with Gasteiger partial charge >= 0.3 is 0 Å². The quantitative estimate of drug-likeness (QED) is 0.447. The molecule has 0 bridgehead atoms. The van der Waals surface area contributed by atoms with Crippen LogP contribution in [0.3, 0.4) is 0 Å². The fourth-order valence-corrected chi connectivity index (χ4v) is 2.15. The monoisotopic (exact) mass is 338 g/mol. The summed E-state index contributed by atoms with van der Waals surface area (Å²) in [6.07, 6.45) is 2.11. The van der Waals surface area contributed by atoms with Gasteiger partial charge in [-0.25, -0.2) is 0 Å². The number of nitrogens with zero attached hydrogens (tertiary/aromatic N) is 1. The molecule has 1 N–H and O–H groups in total. The summed E-state index contributed by atoms with van der Waals surface area (Å²) < 4.78 is 15.2. The number of methoxy groups -OCH3 is 3. The first-order valence-corrected chi connectivity index (χ1v) is 7.25. The van der Waals surface area contributed by atoms with E-state index in [0.29, 0.717) is 41.7 Å². The first kappa shape index (κ1) is 18.8. The molecule has 1 rings (SSSR count). The number of benzene rings is 1. The number of hydrogen-bond donors (Lipinski definition) is 1. The van der Waals surface area contributed by atoms with Crippen LogP contribution < -0.4 is 14.8 Å². The van der Waals surface area contributed by atoms with E-state index in [4.69, 9.17) is 31.1 Å². The van der Waals surface area contributed by atoms with Gasteiger partial charge in [-0.2, -0.15) is 5.26 Å². The fourth-order valence-electron chi connectivity index (χ4n) is 1.85. The second-order valence-corrected chi connectivity index (χ2v) is 4.92. The molecule has 0 fully saturated rings. The van der Waals surface area contributed by atoms with Crippen molar-refractivity contribution in [2.24, 2.45) is 0 Å². The van der Waals surface area contributed by atoms with Gasteiger partial charge in [0.25, 0.3) is 5.91 Å². The zero-order valence-corrected chi connectivity index (χ0v) is 14.1. The van der Waals surface area contributed by atoms with Gasteiger partial charge in [0, 0.05) is 20.3 Å². The van der Waals surface area contributed by atoms with Crippen molar-refractivity contribution in [3.05, 3.63) is 28.3 Å². The summed E-state index contributed by atoms with van der Waals surface area (Å²) in [6.45, 7) is 0.968. The van der Waals surface area contributed by atoms with Crippen LogP contribution in [0.1, 0.15) is 12.0 Å². The molecule has 0 atom stereocenters. The third kappa shape index (κ3) is 5.47. The maximum absolute atomic E-state index is 12.0. The lowest BCUT2D eigenvalue weighted by atomic mass is 10.1. The number of carbonyl (C=O) groups is 1. The number of carbonyl (C=O) groups excluding carboxylic acids is 1. The highest BCUT2D eigenvalue weighted by atomic mass is 35.5. The lowest BCUT2D eigenvalue weighted by Crippen LogP contribution is -2.26. The van der Waals surface area contributed by atoms with Crippen molar-refractivity contribution < 1.29 is 19.0 Å². The van der Waals surface area contributed by atoms with Crippen molar-refractivity contribution >= 4 is 23.6 Å². The second kappa shape index (κ2) is 9.72. The van der Waals surface area contributed by atoms with Crippen molar-refractivity contribution in [2.45, 2.75) is 6.42 Å². The van der Waals surface area contributed by atoms with E-state index in [1.54, 1.807) is 19.2 Å². The van der Waals surface area contributed by atoms with Crippen molar-refractivity contribution in [3.8, 4) is 17.6 Å². The molecule has 0 aliphatic rings. The molecule has 0 aromatic heterocycles. The van der Waals surface area contributed by atoms with Crippen LogP contribution in [0.2, 0.25) is 5.02 Å². The molecule has 124 valence electrons. The van der Waals surface area contributed by atoms with Gasteiger partial charge < -0.3 is 19.5 Å². The Bertz CT molecular complexity index is 623. The van der Waals surface area contributed by atoms with Crippen LogP contribution in [-0.2, 0) is 9.53 Å². The van der Waals surface area contributed by atoms with E-state index in [-0.39, 0.29) is 5.57 Å². The molecule has 0 saturated heterocycles. The highest BCUT2D eigenvalue weighted by Gasteiger charge is 2.13. The van der Waals surface area contributed by atoms with Gasteiger partial charge in [0.15, 0.2) is 11.5 Å². The van der Waals surface area contributed by atoms with E-state index >= 15 is 0 Å². The Morgan fingerprint density at radius 2 is 2.09 bits per heavy atom. The smallest absolute Gasteiger partial charge is 0.261 e. The standard InChI is InChI=1S/C16H19ClN2O4/c1-21-6-4-5-19-16(20)12(10-18)7-11-8-13(17)15(23-3)14(9-11)22-2/h7-9H,4-6H2,1-3H3,(H,19,20). The SMILES string of the molecule is COCCCNC(=O)C(C#N)=Cc1cc(Cl)c(OC)c(OC)c1. The van der Waals surface area contributed by atoms with Crippen LogP contribution in [0.15, 0.2) is 17.7 Å². The maximum Gasteiger partial charge on any atom is 0.261 e. The first-order valence-electron chi connectivity index (χ1n) is 6.87. The molecular weight excluding hydrogens is 320 g/mol. The Morgan fingerprint density at radius 1 is 1.35 bits per heavy atom. The van der Waals surface area contributed by atoms with Crippen LogP contribution in [0.4, 0.5) is 0 Å². The summed E-state index contributed by atoms with van der Waals surface area (Å²) in [7, 11) is 4.55. The van der Waals surface area contributed by atoms with E-state index in [2.05, 4.69) is 5.32 Å².